The van der Waals surface area contributed by atoms with Gasteiger partial charge in [0, 0.05) is 35.6 Å². The predicted molar refractivity (Wildman–Crippen MR) is 151 cm³/mol. The van der Waals surface area contributed by atoms with Gasteiger partial charge in [-0.25, -0.2) is 4.98 Å². The Morgan fingerprint density at radius 3 is 2.76 bits per heavy atom. The van der Waals surface area contributed by atoms with Gasteiger partial charge in [0.05, 0.1) is 6.54 Å². The quantitative estimate of drug-likeness (QED) is 0.327. The van der Waals surface area contributed by atoms with E-state index in [-0.39, 0.29) is 11.5 Å². The van der Waals surface area contributed by atoms with Crippen molar-refractivity contribution in [1.29, 1.82) is 0 Å². The second-order valence-electron chi connectivity index (χ2n) is 9.58. The van der Waals surface area contributed by atoms with Crippen LogP contribution in [0.2, 0.25) is 0 Å². The Bertz CT molecular complexity index is 1740. The van der Waals surface area contributed by atoms with Crippen molar-refractivity contribution in [2.24, 2.45) is 0 Å². The van der Waals surface area contributed by atoms with Gasteiger partial charge in [-0.2, -0.15) is 0 Å². The largest absolute Gasteiger partial charge is 0.384 e. The molecular formula is C31H27N5O2. The van der Waals surface area contributed by atoms with E-state index in [2.05, 4.69) is 27.8 Å². The molecule has 0 bridgehead atoms. The minimum atomic E-state index is -0.170. The van der Waals surface area contributed by atoms with Crippen molar-refractivity contribution in [3.63, 3.8) is 0 Å². The van der Waals surface area contributed by atoms with Crippen LogP contribution in [0.3, 0.4) is 0 Å². The highest BCUT2D eigenvalue weighted by Gasteiger charge is 2.12. The van der Waals surface area contributed by atoms with Gasteiger partial charge in [-0.05, 0) is 101 Å². The molecule has 0 radical (unpaired) electrons. The highest BCUT2D eigenvalue weighted by atomic mass is 16.1. The fourth-order valence-electron chi connectivity index (χ4n) is 4.99. The number of fused-ring (bicyclic) bond motifs is 2. The van der Waals surface area contributed by atoms with Crippen LogP contribution in [0.4, 0.5) is 11.5 Å². The van der Waals surface area contributed by atoms with Gasteiger partial charge in [-0.3, -0.25) is 9.59 Å². The van der Waals surface area contributed by atoms with Crippen molar-refractivity contribution in [2.45, 2.75) is 19.5 Å². The normalized spacial score (nSPS) is 12.7. The van der Waals surface area contributed by atoms with Crippen LogP contribution in [0.5, 0.6) is 0 Å². The molecule has 188 valence electrons. The van der Waals surface area contributed by atoms with Crippen molar-refractivity contribution < 1.29 is 4.79 Å². The molecule has 1 aliphatic rings. The third-order valence-electron chi connectivity index (χ3n) is 6.98. The molecule has 0 aliphatic carbocycles. The number of hydrogen-bond donors (Lipinski definition) is 3. The Labute approximate surface area is 220 Å². The third kappa shape index (κ3) is 4.79. The smallest absolute Gasteiger partial charge is 0.258 e. The molecule has 38 heavy (non-hydrogen) atoms. The molecule has 3 aromatic carbocycles. The van der Waals surface area contributed by atoms with Gasteiger partial charge in [-0.15, -0.1) is 0 Å². The maximum Gasteiger partial charge on any atom is 0.258 e. The maximum atomic E-state index is 13.3. The van der Waals surface area contributed by atoms with Crippen LogP contribution in [0.15, 0.2) is 96.1 Å². The van der Waals surface area contributed by atoms with Crippen molar-refractivity contribution in [3.05, 3.63) is 124 Å². The molecule has 0 atom stereocenters. The lowest BCUT2D eigenvalue weighted by molar-refractivity contribution is 0.102. The van der Waals surface area contributed by atoms with Crippen LogP contribution in [0.25, 0.3) is 21.9 Å². The molecule has 3 heterocycles. The molecule has 6 rings (SSSR count). The van der Waals surface area contributed by atoms with Crippen LogP contribution in [-0.4, -0.2) is 22.0 Å². The predicted octanol–water partition coefficient (Wildman–Crippen LogP) is 4.59. The van der Waals surface area contributed by atoms with Gasteiger partial charge < -0.3 is 20.9 Å². The Hall–Kier alpha value is -4.75. The molecule has 4 N–H and O–H groups in total. The number of carbonyl (C=O) groups excluding carboxylic acids is 1. The molecular weight excluding hydrogens is 474 g/mol. The molecule has 0 fully saturated rings. The number of pyridine rings is 2. The van der Waals surface area contributed by atoms with Crippen molar-refractivity contribution in [3.8, 4) is 11.1 Å². The minimum Gasteiger partial charge on any atom is -0.384 e. The topological polar surface area (TPSA) is 102 Å². The van der Waals surface area contributed by atoms with E-state index < -0.39 is 0 Å². The standard InChI is InChI=1S/C31H27N5O2/c32-29-17-23(9-12-34-29)21-5-7-28-24(15-21)10-13-36(31(28)38)19-20-2-1-3-25(14-20)30(37)35-27-6-4-26-18-33-11-8-22(26)16-27/h1-7,9-10,12-17,33H,8,11,18-19H2,(H2,32,34)(H,35,37). The SMILES string of the molecule is Nc1cc(-c2ccc3c(=O)n(Cc4cccc(C(=O)Nc5ccc6c(c5)CCNC6)c4)ccc3c2)ccn1. The number of benzene rings is 3. The molecule has 1 amide bonds. The Morgan fingerprint density at radius 2 is 1.87 bits per heavy atom. The summed E-state index contributed by atoms with van der Waals surface area (Å²) in [6, 6.07) is 24.9. The number of nitrogens with two attached hydrogens (primary N) is 1. The highest BCUT2D eigenvalue weighted by Crippen LogP contribution is 2.24. The van der Waals surface area contributed by atoms with Gasteiger partial charge in [-0.1, -0.05) is 24.3 Å². The van der Waals surface area contributed by atoms with Gasteiger partial charge >= 0.3 is 0 Å². The number of nitrogens with zero attached hydrogens (tertiary/aromatic N) is 2. The first-order valence-corrected chi connectivity index (χ1v) is 12.6. The zero-order valence-corrected chi connectivity index (χ0v) is 20.8. The summed E-state index contributed by atoms with van der Waals surface area (Å²) in [6.07, 6.45) is 4.42. The van der Waals surface area contributed by atoms with E-state index in [4.69, 9.17) is 5.73 Å². The Balaban J connectivity index is 1.22. The van der Waals surface area contributed by atoms with Crippen LogP contribution in [0, 0.1) is 0 Å². The van der Waals surface area contributed by atoms with Crippen molar-refractivity contribution in [2.75, 3.05) is 17.6 Å². The molecule has 7 heteroatoms. The first-order chi connectivity index (χ1) is 18.5. The van der Waals surface area contributed by atoms with E-state index in [0.29, 0.717) is 23.3 Å². The summed E-state index contributed by atoms with van der Waals surface area (Å²) in [5.74, 6) is 0.282. The van der Waals surface area contributed by atoms with Crippen molar-refractivity contribution >= 4 is 28.2 Å². The molecule has 0 saturated carbocycles. The zero-order valence-electron chi connectivity index (χ0n) is 20.8. The average molecular weight is 502 g/mol. The average Bonchev–Trinajstić information content (AvgIpc) is 2.94. The molecule has 5 aromatic rings. The first kappa shape index (κ1) is 23.6. The number of rotatable bonds is 5. The van der Waals surface area contributed by atoms with E-state index in [1.807, 2.05) is 60.7 Å². The lowest BCUT2D eigenvalue weighted by Crippen LogP contribution is -2.23. The van der Waals surface area contributed by atoms with Crippen molar-refractivity contribution in [1.82, 2.24) is 14.9 Å². The number of aromatic nitrogens is 2. The van der Waals surface area contributed by atoms with E-state index in [9.17, 15) is 9.59 Å². The van der Waals surface area contributed by atoms with Crippen LogP contribution in [-0.2, 0) is 19.5 Å². The molecule has 0 spiro atoms. The van der Waals surface area contributed by atoms with E-state index in [0.717, 1.165) is 47.3 Å². The first-order valence-electron chi connectivity index (χ1n) is 12.6. The zero-order chi connectivity index (χ0) is 26.1. The minimum absolute atomic E-state index is 0.0818. The monoisotopic (exact) mass is 501 g/mol. The summed E-state index contributed by atoms with van der Waals surface area (Å²) < 4.78 is 1.67. The number of hydrogen-bond acceptors (Lipinski definition) is 5. The van der Waals surface area contributed by atoms with Gasteiger partial charge in [0.15, 0.2) is 0 Å². The Morgan fingerprint density at radius 1 is 0.974 bits per heavy atom. The number of nitrogen functional groups attached to an aromatic ring is 1. The molecule has 0 unspecified atom stereocenters. The van der Waals surface area contributed by atoms with Gasteiger partial charge in [0.2, 0.25) is 0 Å². The second-order valence-corrected chi connectivity index (χ2v) is 9.58. The lowest BCUT2D eigenvalue weighted by Gasteiger charge is -2.18. The number of anilines is 2. The van der Waals surface area contributed by atoms with Gasteiger partial charge in [0.25, 0.3) is 11.5 Å². The fourth-order valence-corrected chi connectivity index (χ4v) is 4.99. The Kier molecular flexibility index (Phi) is 6.19. The maximum absolute atomic E-state index is 13.3. The molecule has 1 aliphatic heterocycles. The summed E-state index contributed by atoms with van der Waals surface area (Å²) in [5.41, 5.74) is 12.4. The van der Waals surface area contributed by atoms with E-state index in [1.54, 1.807) is 23.0 Å². The number of nitrogens with one attached hydrogen (secondary N) is 2. The van der Waals surface area contributed by atoms with E-state index >= 15 is 0 Å². The van der Waals surface area contributed by atoms with Gasteiger partial charge in [0.1, 0.15) is 5.82 Å². The summed E-state index contributed by atoms with van der Waals surface area (Å²) in [5, 5.41) is 7.87. The fraction of sp³-hybridized carbons (Fsp3) is 0.129. The summed E-state index contributed by atoms with van der Waals surface area (Å²) in [4.78, 5) is 30.3. The highest BCUT2D eigenvalue weighted by molar-refractivity contribution is 6.04. The lowest BCUT2D eigenvalue weighted by atomic mass is 10.0. The second kappa shape index (κ2) is 9.95. The summed E-state index contributed by atoms with van der Waals surface area (Å²) in [7, 11) is 0. The third-order valence-corrected chi connectivity index (χ3v) is 6.98. The summed E-state index contributed by atoms with van der Waals surface area (Å²) in [6.45, 7) is 2.17. The molecule has 0 saturated heterocycles. The van der Waals surface area contributed by atoms with Crippen LogP contribution >= 0.6 is 0 Å². The van der Waals surface area contributed by atoms with E-state index in [1.165, 1.54) is 11.1 Å². The van der Waals surface area contributed by atoms with Crippen LogP contribution in [0.1, 0.15) is 27.0 Å². The number of amides is 1. The van der Waals surface area contributed by atoms with Crippen LogP contribution < -0.4 is 21.9 Å². The number of carbonyl (C=O) groups is 1. The molecule has 7 nitrogen and oxygen atoms in total. The summed E-state index contributed by atoms with van der Waals surface area (Å²) >= 11 is 0. The molecule has 2 aromatic heterocycles.